The topological polar surface area (TPSA) is 75.4 Å². The number of likely N-dealkylation sites (tertiary alicyclic amines) is 1. The molecule has 1 saturated heterocycles. The van der Waals surface area contributed by atoms with Crippen LogP contribution in [0.2, 0.25) is 5.02 Å². The molecular formula is C15H21Cl2N3O2. The van der Waals surface area contributed by atoms with E-state index in [4.69, 9.17) is 17.3 Å². The van der Waals surface area contributed by atoms with Crippen LogP contribution in [0.1, 0.15) is 23.7 Å². The van der Waals surface area contributed by atoms with Crippen molar-refractivity contribution in [2.75, 3.05) is 19.6 Å². The molecule has 1 aromatic carbocycles. The monoisotopic (exact) mass is 345 g/mol. The Balaban J connectivity index is 0.00000242. The van der Waals surface area contributed by atoms with Crippen LogP contribution in [0.5, 0.6) is 0 Å². The Kier molecular flexibility index (Phi) is 7.13. The summed E-state index contributed by atoms with van der Waals surface area (Å²) in [5, 5.41) is 3.29. The summed E-state index contributed by atoms with van der Waals surface area (Å²) in [4.78, 5) is 26.1. The van der Waals surface area contributed by atoms with Gasteiger partial charge in [-0.3, -0.25) is 9.59 Å². The molecule has 1 fully saturated rings. The van der Waals surface area contributed by atoms with Crippen LogP contribution in [0.3, 0.4) is 0 Å². The summed E-state index contributed by atoms with van der Waals surface area (Å²) in [7, 11) is 0. The lowest BCUT2D eigenvalue weighted by Gasteiger charge is -2.21. The summed E-state index contributed by atoms with van der Waals surface area (Å²) in [5.41, 5.74) is 6.11. The van der Waals surface area contributed by atoms with Crippen molar-refractivity contribution in [2.24, 2.45) is 11.7 Å². The standard InChI is InChI=1S/C15H20ClN3O2.ClH/c1-10(15(21)19-7-6-11(8-17)9-19)18-14(20)12-2-4-13(16)5-3-12;/h2-5,10-11H,6-9,17H2,1H3,(H,18,20);1H. The van der Waals surface area contributed by atoms with Gasteiger partial charge in [-0.25, -0.2) is 0 Å². The summed E-state index contributed by atoms with van der Waals surface area (Å²) >= 11 is 5.78. The van der Waals surface area contributed by atoms with Gasteiger partial charge in [0.15, 0.2) is 0 Å². The number of hydrogen-bond donors (Lipinski definition) is 2. The van der Waals surface area contributed by atoms with Gasteiger partial charge in [-0.15, -0.1) is 12.4 Å². The predicted octanol–water partition coefficient (Wildman–Crippen LogP) is 1.69. The van der Waals surface area contributed by atoms with Crippen molar-refractivity contribution in [2.45, 2.75) is 19.4 Å². The van der Waals surface area contributed by atoms with E-state index >= 15 is 0 Å². The Morgan fingerprint density at radius 1 is 1.41 bits per heavy atom. The highest BCUT2D eigenvalue weighted by Crippen LogP contribution is 2.16. The largest absolute Gasteiger partial charge is 0.341 e. The first-order valence-corrected chi connectivity index (χ1v) is 7.44. The van der Waals surface area contributed by atoms with Gasteiger partial charge in [0.2, 0.25) is 5.91 Å². The molecule has 22 heavy (non-hydrogen) atoms. The van der Waals surface area contributed by atoms with Crippen molar-refractivity contribution in [1.82, 2.24) is 10.2 Å². The number of nitrogens with two attached hydrogens (primary N) is 1. The molecule has 2 unspecified atom stereocenters. The van der Waals surface area contributed by atoms with Crippen LogP contribution in [-0.2, 0) is 4.79 Å². The Bertz CT molecular complexity index is 522. The molecule has 2 atom stereocenters. The molecule has 0 saturated carbocycles. The van der Waals surface area contributed by atoms with Crippen molar-refractivity contribution in [1.29, 1.82) is 0 Å². The third-order valence-corrected chi connectivity index (χ3v) is 4.01. The zero-order valence-corrected chi connectivity index (χ0v) is 14.0. The summed E-state index contributed by atoms with van der Waals surface area (Å²) in [5.74, 6) is 0.0310. The second-order valence-electron chi connectivity index (χ2n) is 5.38. The minimum atomic E-state index is -0.551. The van der Waals surface area contributed by atoms with Crippen LogP contribution >= 0.6 is 24.0 Å². The smallest absolute Gasteiger partial charge is 0.251 e. The SMILES string of the molecule is CC(NC(=O)c1ccc(Cl)cc1)C(=O)N1CCC(CN)C1.Cl. The summed E-state index contributed by atoms with van der Waals surface area (Å²) in [6.07, 6.45) is 0.931. The summed E-state index contributed by atoms with van der Waals surface area (Å²) in [6.45, 7) is 3.68. The number of halogens is 2. The van der Waals surface area contributed by atoms with Crippen LogP contribution in [0, 0.1) is 5.92 Å². The van der Waals surface area contributed by atoms with Gasteiger partial charge >= 0.3 is 0 Å². The highest BCUT2D eigenvalue weighted by Gasteiger charge is 2.28. The Labute approximate surface area is 141 Å². The molecule has 0 aromatic heterocycles. The number of nitrogens with one attached hydrogen (secondary N) is 1. The lowest BCUT2D eigenvalue weighted by Crippen LogP contribution is -2.46. The van der Waals surface area contributed by atoms with E-state index in [0.717, 1.165) is 6.42 Å². The van der Waals surface area contributed by atoms with Gasteiger partial charge in [0, 0.05) is 23.7 Å². The van der Waals surface area contributed by atoms with Crippen molar-refractivity contribution in [3.8, 4) is 0 Å². The summed E-state index contributed by atoms with van der Waals surface area (Å²) in [6, 6.07) is 6.01. The number of nitrogens with zero attached hydrogens (tertiary/aromatic N) is 1. The fourth-order valence-electron chi connectivity index (χ4n) is 2.44. The zero-order chi connectivity index (χ0) is 15.4. The number of rotatable bonds is 4. The lowest BCUT2D eigenvalue weighted by molar-refractivity contribution is -0.131. The Morgan fingerprint density at radius 2 is 2.05 bits per heavy atom. The number of benzene rings is 1. The van der Waals surface area contributed by atoms with Crippen molar-refractivity contribution in [3.05, 3.63) is 34.9 Å². The molecule has 1 aromatic rings. The first-order chi connectivity index (χ1) is 10.0. The highest BCUT2D eigenvalue weighted by molar-refractivity contribution is 6.30. The van der Waals surface area contributed by atoms with Gasteiger partial charge in [0.25, 0.3) is 5.91 Å². The van der Waals surface area contributed by atoms with Crippen LogP contribution in [0.25, 0.3) is 0 Å². The van der Waals surface area contributed by atoms with Crippen LogP contribution in [-0.4, -0.2) is 42.4 Å². The van der Waals surface area contributed by atoms with Gasteiger partial charge in [-0.2, -0.15) is 0 Å². The predicted molar refractivity (Wildman–Crippen MR) is 89.4 cm³/mol. The number of hydrogen-bond acceptors (Lipinski definition) is 3. The van der Waals surface area contributed by atoms with E-state index in [1.807, 2.05) is 0 Å². The Morgan fingerprint density at radius 3 is 2.59 bits per heavy atom. The van der Waals surface area contributed by atoms with Gasteiger partial charge in [0.1, 0.15) is 6.04 Å². The van der Waals surface area contributed by atoms with Gasteiger partial charge in [-0.1, -0.05) is 11.6 Å². The van der Waals surface area contributed by atoms with E-state index < -0.39 is 6.04 Å². The molecule has 0 radical (unpaired) electrons. The van der Waals surface area contributed by atoms with Gasteiger partial charge < -0.3 is 16.0 Å². The minimum absolute atomic E-state index is 0. The normalized spacial score (nSPS) is 18.5. The zero-order valence-electron chi connectivity index (χ0n) is 12.4. The first kappa shape index (κ1) is 18.7. The quantitative estimate of drug-likeness (QED) is 0.871. The molecule has 0 aliphatic carbocycles. The average Bonchev–Trinajstić information content (AvgIpc) is 2.95. The third kappa shape index (κ3) is 4.60. The van der Waals surface area contributed by atoms with Crippen molar-refractivity contribution >= 4 is 35.8 Å². The molecule has 5 nitrogen and oxygen atoms in total. The molecular weight excluding hydrogens is 325 g/mol. The summed E-state index contributed by atoms with van der Waals surface area (Å²) < 4.78 is 0. The molecule has 1 aliphatic heterocycles. The van der Waals surface area contributed by atoms with E-state index in [1.54, 1.807) is 36.1 Å². The molecule has 2 amide bonds. The van der Waals surface area contributed by atoms with Crippen LogP contribution in [0.4, 0.5) is 0 Å². The van der Waals surface area contributed by atoms with E-state index in [1.165, 1.54) is 0 Å². The maximum Gasteiger partial charge on any atom is 0.251 e. The first-order valence-electron chi connectivity index (χ1n) is 7.06. The third-order valence-electron chi connectivity index (χ3n) is 3.76. The highest BCUT2D eigenvalue weighted by atomic mass is 35.5. The molecule has 1 aliphatic rings. The molecule has 0 bridgehead atoms. The molecule has 3 N–H and O–H groups in total. The van der Waals surface area contributed by atoms with Crippen LogP contribution < -0.4 is 11.1 Å². The van der Waals surface area contributed by atoms with Crippen molar-refractivity contribution < 1.29 is 9.59 Å². The average molecular weight is 346 g/mol. The number of carbonyl (C=O) groups is 2. The van der Waals surface area contributed by atoms with Crippen molar-refractivity contribution in [3.63, 3.8) is 0 Å². The second kappa shape index (κ2) is 8.36. The van der Waals surface area contributed by atoms with E-state index in [0.29, 0.717) is 36.1 Å². The molecule has 122 valence electrons. The number of carbonyl (C=O) groups excluding carboxylic acids is 2. The van der Waals surface area contributed by atoms with Gasteiger partial charge in [-0.05, 0) is 50.1 Å². The fourth-order valence-corrected chi connectivity index (χ4v) is 2.57. The number of amides is 2. The maximum atomic E-state index is 12.3. The lowest BCUT2D eigenvalue weighted by atomic mass is 10.1. The molecule has 2 rings (SSSR count). The molecule has 1 heterocycles. The molecule has 7 heteroatoms. The van der Waals surface area contributed by atoms with Gasteiger partial charge in [0.05, 0.1) is 0 Å². The fraction of sp³-hybridized carbons (Fsp3) is 0.467. The minimum Gasteiger partial charge on any atom is -0.341 e. The Hall–Kier alpha value is -1.30. The maximum absolute atomic E-state index is 12.3. The molecule has 0 spiro atoms. The second-order valence-corrected chi connectivity index (χ2v) is 5.81. The van der Waals surface area contributed by atoms with Crippen LogP contribution in [0.15, 0.2) is 24.3 Å². The van der Waals surface area contributed by atoms with E-state index in [-0.39, 0.29) is 24.2 Å². The van der Waals surface area contributed by atoms with E-state index in [9.17, 15) is 9.59 Å². The van der Waals surface area contributed by atoms with E-state index in [2.05, 4.69) is 5.32 Å².